The zero-order chi connectivity index (χ0) is 10.9. The van der Waals surface area contributed by atoms with Crippen LogP contribution in [0.5, 0.6) is 0 Å². The maximum Gasteiger partial charge on any atom is 0.281 e. The molecular weight excluding hydrogens is 182 g/mol. The molecule has 7 N–H and O–H groups in total. The monoisotopic (exact) mass is 198 g/mol. The van der Waals surface area contributed by atoms with Crippen molar-refractivity contribution < 1.29 is 5.32 Å². The van der Waals surface area contributed by atoms with Crippen molar-refractivity contribution in [1.82, 2.24) is 9.97 Å². The van der Waals surface area contributed by atoms with Gasteiger partial charge < -0.3 is 11.5 Å². The second-order valence-electron chi connectivity index (χ2n) is 4.26. The number of nitrogen functional groups attached to an aromatic ring is 2. The van der Waals surface area contributed by atoms with Crippen LogP contribution in [0.1, 0.15) is 20.8 Å². The molecule has 0 saturated heterocycles. The second kappa shape index (κ2) is 3.30. The lowest BCUT2D eigenvalue weighted by atomic mass is 10.1. The topological polar surface area (TPSA) is 114 Å². The lowest BCUT2D eigenvalue weighted by Crippen LogP contribution is -2.90. The number of aromatic amines is 1. The van der Waals surface area contributed by atoms with E-state index in [2.05, 4.69) is 9.97 Å². The summed E-state index contributed by atoms with van der Waals surface area (Å²) in [5, 5.41) is 1.81. The van der Waals surface area contributed by atoms with Crippen LogP contribution in [0, 0.1) is 0 Å². The van der Waals surface area contributed by atoms with E-state index in [1.54, 1.807) is 0 Å². The molecule has 0 radical (unpaired) electrons. The number of nitrogens with two attached hydrogens (primary N) is 3. The standard InChI is InChI=1S/C8H15N5O/c1-8(2,3)13-5-4(9)6(14)12-7(10)11-5/h9H2,1-3H3,(H4,10,11,12,13,14)/p+1. The summed E-state index contributed by atoms with van der Waals surface area (Å²) in [5.74, 6) is 0.526. The van der Waals surface area contributed by atoms with Crippen LogP contribution in [0.2, 0.25) is 0 Å². The van der Waals surface area contributed by atoms with Gasteiger partial charge >= 0.3 is 0 Å². The van der Waals surface area contributed by atoms with Crippen molar-refractivity contribution >= 4 is 17.5 Å². The number of quaternary nitrogens is 1. The van der Waals surface area contributed by atoms with Gasteiger partial charge in [-0.25, -0.2) is 0 Å². The lowest BCUT2D eigenvalue weighted by Gasteiger charge is -2.16. The van der Waals surface area contributed by atoms with Gasteiger partial charge in [-0.05, 0) is 20.8 Å². The normalized spacial score (nSPS) is 11.6. The van der Waals surface area contributed by atoms with Gasteiger partial charge in [0.15, 0.2) is 5.69 Å². The van der Waals surface area contributed by atoms with Crippen LogP contribution < -0.4 is 22.3 Å². The van der Waals surface area contributed by atoms with Gasteiger partial charge in [-0.3, -0.25) is 15.1 Å². The fraction of sp³-hybridized carbons (Fsp3) is 0.500. The first kappa shape index (κ1) is 10.5. The quantitative estimate of drug-likeness (QED) is 0.460. The van der Waals surface area contributed by atoms with E-state index in [4.69, 9.17) is 11.5 Å². The molecule has 0 atom stereocenters. The number of rotatable bonds is 1. The Bertz CT molecular complexity index is 390. The van der Waals surface area contributed by atoms with Gasteiger partial charge in [-0.2, -0.15) is 4.98 Å². The highest BCUT2D eigenvalue weighted by molar-refractivity contribution is 5.52. The minimum absolute atomic E-state index is 0.0831. The van der Waals surface area contributed by atoms with E-state index >= 15 is 0 Å². The third-order valence-corrected chi connectivity index (χ3v) is 1.57. The molecule has 78 valence electrons. The van der Waals surface area contributed by atoms with Crippen LogP contribution in [-0.2, 0) is 0 Å². The van der Waals surface area contributed by atoms with Gasteiger partial charge in [0.1, 0.15) is 0 Å². The van der Waals surface area contributed by atoms with E-state index in [9.17, 15) is 4.79 Å². The maximum atomic E-state index is 11.2. The summed E-state index contributed by atoms with van der Waals surface area (Å²) in [6, 6.07) is 0. The van der Waals surface area contributed by atoms with Crippen LogP contribution in [0.15, 0.2) is 4.79 Å². The predicted molar refractivity (Wildman–Crippen MR) is 55.0 cm³/mol. The molecule has 0 unspecified atom stereocenters. The third-order valence-electron chi connectivity index (χ3n) is 1.57. The Kier molecular flexibility index (Phi) is 2.48. The highest BCUT2D eigenvalue weighted by Gasteiger charge is 2.19. The minimum atomic E-state index is -0.395. The Morgan fingerprint density at radius 2 is 1.93 bits per heavy atom. The highest BCUT2D eigenvalue weighted by atomic mass is 16.1. The van der Waals surface area contributed by atoms with Gasteiger partial charge in [-0.15, -0.1) is 0 Å². The Morgan fingerprint density at radius 3 is 2.43 bits per heavy atom. The minimum Gasteiger partial charge on any atom is -0.388 e. The van der Waals surface area contributed by atoms with Crippen LogP contribution in [0.25, 0.3) is 0 Å². The Morgan fingerprint density at radius 1 is 1.36 bits per heavy atom. The van der Waals surface area contributed by atoms with Gasteiger partial charge in [0.05, 0.1) is 5.54 Å². The van der Waals surface area contributed by atoms with Gasteiger partial charge in [0.2, 0.25) is 5.95 Å². The van der Waals surface area contributed by atoms with E-state index in [-0.39, 0.29) is 17.2 Å². The first-order valence-electron chi connectivity index (χ1n) is 4.31. The van der Waals surface area contributed by atoms with E-state index in [1.165, 1.54) is 0 Å². The zero-order valence-corrected chi connectivity index (χ0v) is 8.59. The predicted octanol–water partition coefficient (Wildman–Crippen LogP) is -1.07. The smallest absolute Gasteiger partial charge is 0.281 e. The molecule has 0 aliphatic rings. The van der Waals surface area contributed by atoms with Gasteiger partial charge in [0.25, 0.3) is 11.4 Å². The van der Waals surface area contributed by atoms with Crippen molar-refractivity contribution in [3.05, 3.63) is 10.4 Å². The van der Waals surface area contributed by atoms with Crippen molar-refractivity contribution in [2.75, 3.05) is 11.5 Å². The molecule has 6 nitrogen and oxygen atoms in total. The SMILES string of the molecule is CC(C)(C)[NH2+]c1nc(N)[nH]c(=O)c1N. The summed E-state index contributed by atoms with van der Waals surface area (Å²) in [7, 11) is 0. The number of anilines is 2. The molecule has 0 aliphatic carbocycles. The molecule has 6 heteroatoms. The summed E-state index contributed by atoms with van der Waals surface area (Å²) in [6.45, 7) is 5.97. The summed E-state index contributed by atoms with van der Waals surface area (Å²) in [5.41, 5.74) is 10.6. The fourth-order valence-corrected chi connectivity index (χ4v) is 1.04. The van der Waals surface area contributed by atoms with Gasteiger partial charge in [-0.1, -0.05) is 0 Å². The molecule has 1 aromatic heterocycles. The zero-order valence-electron chi connectivity index (χ0n) is 8.59. The number of hydrogen-bond donors (Lipinski definition) is 4. The molecule has 0 fully saturated rings. The summed E-state index contributed by atoms with van der Waals surface area (Å²) in [6.07, 6.45) is 0. The molecule has 0 aromatic carbocycles. The lowest BCUT2D eigenvalue weighted by molar-refractivity contribution is -0.644. The number of H-pyrrole nitrogens is 1. The Hall–Kier alpha value is -1.56. The average Bonchev–Trinajstić information content (AvgIpc) is 1.96. The largest absolute Gasteiger partial charge is 0.388 e. The van der Waals surface area contributed by atoms with E-state index in [0.29, 0.717) is 5.82 Å². The first-order chi connectivity index (χ1) is 6.29. The molecule has 0 amide bonds. The van der Waals surface area contributed by atoms with Crippen LogP contribution in [-0.4, -0.2) is 15.5 Å². The fourth-order valence-electron chi connectivity index (χ4n) is 1.04. The molecule has 1 aromatic rings. The molecule has 0 saturated carbocycles. The Balaban J connectivity index is 3.15. The molecule has 1 heterocycles. The van der Waals surface area contributed by atoms with Crippen molar-refractivity contribution in [3.8, 4) is 0 Å². The molecule has 0 spiro atoms. The Labute approximate surface area is 81.7 Å². The number of hydrogen-bond acceptors (Lipinski definition) is 4. The summed E-state index contributed by atoms with van der Waals surface area (Å²) in [4.78, 5) is 17.5. The molecule has 14 heavy (non-hydrogen) atoms. The average molecular weight is 198 g/mol. The van der Waals surface area contributed by atoms with Crippen LogP contribution in [0.3, 0.4) is 0 Å². The van der Waals surface area contributed by atoms with Crippen LogP contribution in [0.4, 0.5) is 17.5 Å². The highest BCUT2D eigenvalue weighted by Crippen LogP contribution is 2.05. The van der Waals surface area contributed by atoms with Crippen LogP contribution >= 0.6 is 0 Å². The number of nitrogens with one attached hydrogen (secondary N) is 1. The van der Waals surface area contributed by atoms with E-state index in [1.807, 2.05) is 26.1 Å². The van der Waals surface area contributed by atoms with Crippen molar-refractivity contribution in [2.24, 2.45) is 0 Å². The number of nitrogens with zero attached hydrogens (tertiary/aromatic N) is 1. The molecular formula is C8H16N5O+. The maximum absolute atomic E-state index is 11.2. The molecule has 0 bridgehead atoms. The summed E-state index contributed by atoms with van der Waals surface area (Å²) >= 11 is 0. The second-order valence-corrected chi connectivity index (χ2v) is 4.26. The molecule has 0 aliphatic heterocycles. The van der Waals surface area contributed by atoms with E-state index < -0.39 is 5.56 Å². The first-order valence-corrected chi connectivity index (χ1v) is 4.31. The van der Waals surface area contributed by atoms with Crippen molar-refractivity contribution in [2.45, 2.75) is 26.3 Å². The van der Waals surface area contributed by atoms with Crippen molar-refractivity contribution in [1.29, 1.82) is 0 Å². The van der Waals surface area contributed by atoms with E-state index in [0.717, 1.165) is 0 Å². The number of aromatic nitrogens is 2. The van der Waals surface area contributed by atoms with Crippen molar-refractivity contribution in [3.63, 3.8) is 0 Å². The van der Waals surface area contributed by atoms with Gasteiger partial charge in [0, 0.05) is 0 Å². The summed E-state index contributed by atoms with van der Waals surface area (Å²) < 4.78 is 0. The molecule has 1 rings (SSSR count). The third kappa shape index (κ3) is 2.46.